The minimum atomic E-state index is -0.386. The predicted molar refractivity (Wildman–Crippen MR) is 56.5 cm³/mol. The van der Waals surface area contributed by atoms with Crippen LogP contribution in [0.1, 0.15) is 5.76 Å². The summed E-state index contributed by atoms with van der Waals surface area (Å²) in [6.45, 7) is 0. The van der Waals surface area contributed by atoms with Crippen molar-refractivity contribution >= 4 is 15.9 Å². The maximum atomic E-state index is 13.5. The Morgan fingerprint density at radius 1 is 1.27 bits per heavy atom. The number of hydrogen-bond donors (Lipinski definition) is 0. The topological polar surface area (TPSA) is 36.9 Å². The molecule has 0 aliphatic rings. The van der Waals surface area contributed by atoms with Gasteiger partial charge in [0, 0.05) is 4.47 Å². The number of rotatable bonds is 1. The van der Waals surface area contributed by atoms with Gasteiger partial charge in [-0.15, -0.1) is 0 Å². The summed E-state index contributed by atoms with van der Waals surface area (Å²) in [5.74, 6) is 0.145. The molecule has 0 N–H and O–H groups in total. The molecule has 0 radical (unpaired) electrons. The largest absolute Gasteiger partial charge is 0.446 e. The van der Waals surface area contributed by atoms with E-state index in [9.17, 15) is 4.39 Å². The average molecular weight is 266 g/mol. The molecule has 0 saturated heterocycles. The molecule has 0 atom stereocenters. The van der Waals surface area contributed by atoms with Crippen LogP contribution < -0.4 is 0 Å². The van der Waals surface area contributed by atoms with Crippen LogP contribution in [0.5, 0.6) is 0 Å². The van der Waals surface area contributed by atoms with Crippen LogP contribution in [-0.4, -0.2) is 0 Å². The quantitative estimate of drug-likeness (QED) is 0.788. The summed E-state index contributed by atoms with van der Waals surface area (Å²) < 4.78 is 19.3. The molecule has 1 heterocycles. The SMILES string of the molecule is N#Cc1ccc(-c2ccc(Br)cc2F)o1. The Labute approximate surface area is 94.1 Å². The zero-order valence-electron chi connectivity index (χ0n) is 7.50. The monoisotopic (exact) mass is 265 g/mol. The van der Waals surface area contributed by atoms with Crippen LogP contribution in [-0.2, 0) is 0 Å². The summed E-state index contributed by atoms with van der Waals surface area (Å²) in [5.41, 5.74) is 0.347. The van der Waals surface area contributed by atoms with Gasteiger partial charge in [0.15, 0.2) is 0 Å². The molecule has 0 saturated carbocycles. The highest BCUT2D eigenvalue weighted by Crippen LogP contribution is 2.26. The Hall–Kier alpha value is -1.60. The lowest BCUT2D eigenvalue weighted by atomic mass is 10.1. The Morgan fingerprint density at radius 3 is 2.67 bits per heavy atom. The molecule has 4 heteroatoms. The van der Waals surface area contributed by atoms with Crippen molar-refractivity contribution < 1.29 is 8.81 Å². The van der Waals surface area contributed by atoms with Crippen LogP contribution in [0.4, 0.5) is 4.39 Å². The molecule has 1 aromatic heterocycles. The maximum absolute atomic E-state index is 13.5. The van der Waals surface area contributed by atoms with E-state index in [0.717, 1.165) is 0 Å². The fourth-order valence-electron chi connectivity index (χ4n) is 1.23. The average Bonchev–Trinajstić information content (AvgIpc) is 2.66. The Balaban J connectivity index is 2.50. The second kappa shape index (κ2) is 3.87. The van der Waals surface area contributed by atoms with Crippen molar-refractivity contribution in [3.8, 4) is 17.4 Å². The first-order valence-electron chi connectivity index (χ1n) is 4.16. The molecular formula is C11H5BrFNO. The molecule has 0 spiro atoms. The molecule has 0 amide bonds. The first-order valence-corrected chi connectivity index (χ1v) is 4.95. The lowest BCUT2D eigenvalue weighted by Gasteiger charge is -1.99. The summed E-state index contributed by atoms with van der Waals surface area (Å²) in [4.78, 5) is 0. The van der Waals surface area contributed by atoms with Crippen molar-refractivity contribution in [2.75, 3.05) is 0 Å². The molecule has 0 unspecified atom stereocenters. The molecule has 1 aromatic carbocycles. The van der Waals surface area contributed by atoms with Crippen LogP contribution >= 0.6 is 15.9 Å². The third-order valence-corrected chi connectivity index (χ3v) is 2.41. The van der Waals surface area contributed by atoms with E-state index < -0.39 is 0 Å². The number of benzene rings is 1. The molecule has 0 aliphatic heterocycles. The smallest absolute Gasteiger partial charge is 0.204 e. The van der Waals surface area contributed by atoms with E-state index in [2.05, 4.69) is 15.9 Å². The zero-order valence-corrected chi connectivity index (χ0v) is 9.08. The van der Waals surface area contributed by atoms with E-state index in [1.165, 1.54) is 12.1 Å². The van der Waals surface area contributed by atoms with Gasteiger partial charge in [-0.2, -0.15) is 5.26 Å². The van der Waals surface area contributed by atoms with Crippen molar-refractivity contribution in [2.45, 2.75) is 0 Å². The predicted octanol–water partition coefficient (Wildman–Crippen LogP) is 3.72. The van der Waals surface area contributed by atoms with Gasteiger partial charge in [0.05, 0.1) is 5.56 Å². The Morgan fingerprint density at radius 2 is 2.07 bits per heavy atom. The van der Waals surface area contributed by atoms with Crippen LogP contribution in [0.25, 0.3) is 11.3 Å². The van der Waals surface area contributed by atoms with Gasteiger partial charge in [0.25, 0.3) is 0 Å². The molecule has 2 nitrogen and oxygen atoms in total. The lowest BCUT2D eigenvalue weighted by Crippen LogP contribution is -1.81. The van der Waals surface area contributed by atoms with E-state index in [1.807, 2.05) is 6.07 Å². The number of furan rings is 1. The van der Waals surface area contributed by atoms with Gasteiger partial charge in [0.2, 0.25) is 5.76 Å². The van der Waals surface area contributed by atoms with Gasteiger partial charge in [-0.3, -0.25) is 0 Å². The molecule has 2 rings (SSSR count). The van der Waals surface area contributed by atoms with Crippen LogP contribution in [0, 0.1) is 17.1 Å². The summed E-state index contributed by atoms with van der Waals surface area (Å²) in [5, 5.41) is 8.57. The first kappa shape index (κ1) is 9.94. The van der Waals surface area contributed by atoms with E-state index in [0.29, 0.717) is 15.8 Å². The molecule has 0 aliphatic carbocycles. The van der Waals surface area contributed by atoms with Crippen LogP contribution in [0.15, 0.2) is 39.2 Å². The zero-order chi connectivity index (χ0) is 10.8. The van der Waals surface area contributed by atoms with Gasteiger partial charge in [-0.05, 0) is 30.3 Å². The second-order valence-corrected chi connectivity index (χ2v) is 3.82. The van der Waals surface area contributed by atoms with E-state index in [4.69, 9.17) is 9.68 Å². The number of hydrogen-bond acceptors (Lipinski definition) is 2. The standard InChI is InChI=1S/C11H5BrFNO/c12-7-1-3-9(10(13)5-7)11-4-2-8(6-14)15-11/h1-5H. The lowest BCUT2D eigenvalue weighted by molar-refractivity contribution is 0.557. The fourth-order valence-corrected chi connectivity index (χ4v) is 1.57. The van der Waals surface area contributed by atoms with Crippen molar-refractivity contribution in [2.24, 2.45) is 0 Å². The number of nitriles is 1. The third-order valence-electron chi connectivity index (χ3n) is 1.91. The Kier molecular flexibility index (Phi) is 2.57. The van der Waals surface area contributed by atoms with E-state index in [1.54, 1.807) is 18.2 Å². The fraction of sp³-hybridized carbons (Fsp3) is 0. The van der Waals surface area contributed by atoms with Gasteiger partial charge in [-0.25, -0.2) is 4.39 Å². The van der Waals surface area contributed by atoms with Crippen LogP contribution in [0.2, 0.25) is 0 Å². The highest BCUT2D eigenvalue weighted by atomic mass is 79.9. The second-order valence-electron chi connectivity index (χ2n) is 2.90. The van der Waals surface area contributed by atoms with Gasteiger partial charge >= 0.3 is 0 Å². The number of nitrogens with zero attached hydrogens (tertiary/aromatic N) is 1. The molecule has 0 fully saturated rings. The molecule has 2 aromatic rings. The minimum absolute atomic E-state index is 0.173. The van der Waals surface area contributed by atoms with Crippen molar-refractivity contribution in [1.29, 1.82) is 5.26 Å². The molecular weight excluding hydrogens is 261 g/mol. The van der Waals surface area contributed by atoms with Crippen molar-refractivity contribution in [3.63, 3.8) is 0 Å². The summed E-state index contributed by atoms with van der Waals surface area (Å²) in [6, 6.07) is 9.60. The normalized spacial score (nSPS) is 9.93. The maximum Gasteiger partial charge on any atom is 0.204 e. The molecule has 74 valence electrons. The van der Waals surface area contributed by atoms with Crippen LogP contribution in [0.3, 0.4) is 0 Å². The molecule has 15 heavy (non-hydrogen) atoms. The van der Waals surface area contributed by atoms with Crippen molar-refractivity contribution in [1.82, 2.24) is 0 Å². The number of halogens is 2. The summed E-state index contributed by atoms with van der Waals surface area (Å²) in [7, 11) is 0. The van der Waals surface area contributed by atoms with Gasteiger partial charge in [0.1, 0.15) is 17.6 Å². The van der Waals surface area contributed by atoms with E-state index in [-0.39, 0.29) is 11.6 Å². The highest BCUT2D eigenvalue weighted by Gasteiger charge is 2.09. The van der Waals surface area contributed by atoms with E-state index >= 15 is 0 Å². The van der Waals surface area contributed by atoms with Gasteiger partial charge in [-0.1, -0.05) is 15.9 Å². The third kappa shape index (κ3) is 1.92. The van der Waals surface area contributed by atoms with Gasteiger partial charge < -0.3 is 4.42 Å². The molecule has 0 bridgehead atoms. The first-order chi connectivity index (χ1) is 7.20. The summed E-state index contributed by atoms with van der Waals surface area (Å²) in [6.07, 6.45) is 0. The minimum Gasteiger partial charge on any atom is -0.446 e. The summed E-state index contributed by atoms with van der Waals surface area (Å²) >= 11 is 3.16. The highest BCUT2D eigenvalue weighted by molar-refractivity contribution is 9.10. The van der Waals surface area contributed by atoms with Crippen molar-refractivity contribution in [3.05, 3.63) is 46.4 Å². The Bertz CT molecular complexity index is 542.